The zero-order valence-electron chi connectivity index (χ0n) is 2.42. The predicted molar refractivity (Wildman–Crippen MR) is 13.4 cm³/mol. The van der Waals surface area contributed by atoms with Gasteiger partial charge in [0.25, 0.3) is 11.4 Å². The van der Waals surface area contributed by atoms with Gasteiger partial charge in [-0.05, 0) is 0 Å². The molecule has 0 aliphatic carbocycles. The monoisotopic (exact) mass is 194 g/mol. The van der Waals surface area contributed by atoms with Gasteiger partial charge < -0.3 is 0 Å². The first-order valence-electron chi connectivity index (χ1n) is 0.532. The van der Waals surface area contributed by atoms with E-state index >= 15 is 0 Å². The second-order valence-corrected chi connectivity index (χ2v) is 0.692. The minimum absolute atomic E-state index is 0. The van der Waals surface area contributed by atoms with E-state index in [4.69, 9.17) is 13.3 Å². The van der Waals surface area contributed by atoms with Gasteiger partial charge in [0.05, 0.1) is 0 Å². The Balaban J connectivity index is -0.0000000450. The topological polar surface area (TPSA) is 57.5 Å². The minimum atomic E-state index is -2.61. The van der Waals surface area contributed by atoms with E-state index in [1.54, 1.807) is 0 Å². The van der Waals surface area contributed by atoms with Crippen molar-refractivity contribution in [3.05, 3.63) is 0 Å². The molecule has 0 spiro atoms. The van der Waals surface area contributed by atoms with Crippen molar-refractivity contribution in [2.24, 2.45) is 0 Å². The van der Waals surface area contributed by atoms with Crippen LogP contribution in [0.15, 0.2) is 0 Å². The summed E-state index contributed by atoms with van der Waals surface area (Å²) < 4.78 is 22.8. The first-order valence-corrected chi connectivity index (χ1v) is 1.60. The molecule has 0 saturated heterocycles. The van der Waals surface area contributed by atoms with E-state index in [2.05, 4.69) is 0 Å². The van der Waals surface area contributed by atoms with E-state index in [-0.39, 0.29) is 34.1 Å². The molecule has 0 amide bonds. The van der Waals surface area contributed by atoms with Gasteiger partial charge in [-0.1, -0.05) is 0 Å². The van der Waals surface area contributed by atoms with Crippen molar-refractivity contribution < 1.29 is 47.5 Å². The Bertz CT molecular complexity index is 31.8. The zero-order chi connectivity index (χ0) is 3.58. The molecule has 0 aliphatic heterocycles. The third-order valence-corrected chi connectivity index (χ3v) is 0. The molecular weight excluding hydrogens is 192 g/mol. The van der Waals surface area contributed by atoms with Crippen LogP contribution in [0.5, 0.6) is 0 Å². The smallest absolute Gasteiger partial charge is 0.284 e. The Hall–Kier alpha value is 1.11. The molecule has 6 heavy (non-hydrogen) atoms. The first-order chi connectivity index (χ1) is 1.73. The van der Waals surface area contributed by atoms with Gasteiger partial charge in [-0.25, -0.2) is 0 Å². The molecular formula is H2Fe2O3S. The first kappa shape index (κ1) is 15.7. The average Bonchev–Trinajstić information content (AvgIpc) is 0.811. The van der Waals surface area contributed by atoms with Crippen LogP contribution in [0.1, 0.15) is 0 Å². The van der Waals surface area contributed by atoms with Gasteiger partial charge in [-0.15, -0.1) is 0 Å². The van der Waals surface area contributed by atoms with E-state index in [1.807, 2.05) is 0 Å². The molecule has 42 valence electrons. The summed E-state index contributed by atoms with van der Waals surface area (Å²) in [6, 6.07) is 0. The standard InChI is InChI=1S/2Fe.H2O3S/c;;1-4(2)3/h;;(H2,1,2,3). The molecule has 0 unspecified atom stereocenters. The van der Waals surface area contributed by atoms with Crippen molar-refractivity contribution in [1.82, 2.24) is 0 Å². The molecule has 0 aliphatic rings. The molecule has 0 heterocycles. The maximum absolute atomic E-state index is 8.67. The molecule has 0 aromatic heterocycles. The molecule has 0 fully saturated rings. The third kappa shape index (κ3) is 70.1. The van der Waals surface area contributed by atoms with Crippen LogP contribution in [0.4, 0.5) is 0 Å². The van der Waals surface area contributed by atoms with Crippen LogP contribution in [-0.2, 0) is 45.5 Å². The Morgan fingerprint density at radius 1 is 1.17 bits per heavy atom. The quantitative estimate of drug-likeness (QED) is 0.410. The second-order valence-electron chi connectivity index (χ2n) is 0.231. The van der Waals surface area contributed by atoms with Crippen molar-refractivity contribution in [1.29, 1.82) is 0 Å². The van der Waals surface area contributed by atoms with Crippen molar-refractivity contribution in [3.63, 3.8) is 0 Å². The summed E-state index contributed by atoms with van der Waals surface area (Å²) in [6.45, 7) is 0. The van der Waals surface area contributed by atoms with Crippen LogP contribution in [-0.4, -0.2) is 13.3 Å². The summed E-state index contributed by atoms with van der Waals surface area (Å²) in [5.41, 5.74) is 0. The molecule has 0 aromatic carbocycles. The summed E-state index contributed by atoms with van der Waals surface area (Å²) in [5, 5.41) is 0. The van der Waals surface area contributed by atoms with Gasteiger partial charge in [0.2, 0.25) is 0 Å². The number of hydrogen-bond donors (Lipinski definition) is 2. The van der Waals surface area contributed by atoms with E-state index in [1.165, 1.54) is 0 Å². The molecule has 0 bridgehead atoms. The fourth-order valence-corrected chi connectivity index (χ4v) is 0. The second kappa shape index (κ2) is 9.44. The zero-order valence-corrected chi connectivity index (χ0v) is 5.44. The van der Waals surface area contributed by atoms with Gasteiger partial charge in [-0.3, -0.25) is 9.11 Å². The molecule has 0 radical (unpaired) electrons. The van der Waals surface area contributed by atoms with E-state index in [9.17, 15) is 0 Å². The summed E-state index contributed by atoms with van der Waals surface area (Å²) in [6.07, 6.45) is 0. The SMILES string of the molecule is O=S(O)O.[Fe].[Fe]. The summed E-state index contributed by atoms with van der Waals surface area (Å²) >= 11 is -2.61. The maximum atomic E-state index is 8.67. The van der Waals surface area contributed by atoms with Gasteiger partial charge in [0.15, 0.2) is 0 Å². The molecule has 0 aromatic rings. The van der Waals surface area contributed by atoms with Crippen LogP contribution < -0.4 is 0 Å². The number of hydrogen-bond acceptors (Lipinski definition) is 1. The Morgan fingerprint density at radius 3 is 1.17 bits per heavy atom. The summed E-state index contributed by atoms with van der Waals surface area (Å²) in [4.78, 5) is 0. The van der Waals surface area contributed by atoms with Crippen molar-refractivity contribution in [2.45, 2.75) is 0 Å². The predicted octanol–water partition coefficient (Wildman–Crippen LogP) is -0.324. The molecule has 0 rings (SSSR count). The van der Waals surface area contributed by atoms with Crippen LogP contribution in [0.2, 0.25) is 0 Å². The van der Waals surface area contributed by atoms with Crippen molar-refractivity contribution in [3.8, 4) is 0 Å². The fraction of sp³-hybridized carbons (Fsp3) is 0. The van der Waals surface area contributed by atoms with Gasteiger partial charge in [0, 0.05) is 34.1 Å². The van der Waals surface area contributed by atoms with Crippen LogP contribution in [0.3, 0.4) is 0 Å². The molecule has 2 N–H and O–H groups in total. The molecule has 6 heteroatoms. The van der Waals surface area contributed by atoms with E-state index < -0.39 is 11.4 Å². The molecule has 0 atom stereocenters. The van der Waals surface area contributed by atoms with Gasteiger partial charge in [-0.2, -0.15) is 4.21 Å². The fourth-order valence-electron chi connectivity index (χ4n) is 0. The summed E-state index contributed by atoms with van der Waals surface area (Å²) in [7, 11) is 0. The largest absolute Gasteiger partial charge is 0.299 e. The Labute approximate surface area is 58.9 Å². The van der Waals surface area contributed by atoms with E-state index in [0.29, 0.717) is 0 Å². The Kier molecular flexibility index (Phi) is 24.7. The normalized spacial score (nSPS) is 5.83. The van der Waals surface area contributed by atoms with Crippen molar-refractivity contribution in [2.75, 3.05) is 0 Å². The van der Waals surface area contributed by atoms with Gasteiger partial charge in [0.1, 0.15) is 0 Å². The van der Waals surface area contributed by atoms with Crippen molar-refractivity contribution >= 4 is 11.4 Å². The van der Waals surface area contributed by atoms with Crippen LogP contribution >= 0.6 is 0 Å². The van der Waals surface area contributed by atoms with E-state index in [0.717, 1.165) is 0 Å². The van der Waals surface area contributed by atoms with Crippen LogP contribution in [0.25, 0.3) is 0 Å². The summed E-state index contributed by atoms with van der Waals surface area (Å²) in [5.74, 6) is 0. The molecule has 3 nitrogen and oxygen atoms in total. The average molecular weight is 194 g/mol. The Morgan fingerprint density at radius 2 is 1.17 bits per heavy atom. The number of rotatable bonds is 0. The third-order valence-electron chi connectivity index (χ3n) is 0. The van der Waals surface area contributed by atoms with Gasteiger partial charge >= 0.3 is 0 Å². The molecule has 0 saturated carbocycles. The maximum Gasteiger partial charge on any atom is 0.299 e. The van der Waals surface area contributed by atoms with Crippen LogP contribution in [0, 0.1) is 0 Å². The minimum Gasteiger partial charge on any atom is -0.284 e.